The van der Waals surface area contributed by atoms with E-state index < -0.39 is 18.2 Å². The minimum Gasteiger partial charge on any atom is -0.506 e. The van der Waals surface area contributed by atoms with Crippen LogP contribution in [-0.4, -0.2) is 16.9 Å². The van der Waals surface area contributed by atoms with Gasteiger partial charge in [0.1, 0.15) is 12.2 Å². The molecule has 0 aliphatic carbocycles. The molecule has 15 heavy (non-hydrogen) atoms. The first-order chi connectivity index (χ1) is 6.99. The van der Waals surface area contributed by atoms with Gasteiger partial charge < -0.3 is 16.2 Å². The van der Waals surface area contributed by atoms with Crippen molar-refractivity contribution in [3.8, 4) is 5.75 Å². The second-order valence-electron chi connectivity index (χ2n) is 3.21. The molecule has 0 radical (unpaired) electrons. The molecule has 80 valence electrons. The van der Waals surface area contributed by atoms with Crippen LogP contribution in [-0.2, 0) is 9.59 Å². The van der Waals surface area contributed by atoms with Gasteiger partial charge in [0.05, 0.1) is 5.69 Å². The number of aromatic hydroxyl groups is 1. The zero-order chi connectivity index (χ0) is 11.4. The van der Waals surface area contributed by atoms with Gasteiger partial charge in [0.15, 0.2) is 0 Å². The maximum atomic E-state index is 11.1. The Morgan fingerprint density at radius 1 is 1.47 bits per heavy atom. The molecule has 1 aromatic carbocycles. The summed E-state index contributed by atoms with van der Waals surface area (Å²) < 4.78 is 0. The van der Waals surface area contributed by atoms with E-state index in [1.54, 1.807) is 12.1 Å². The summed E-state index contributed by atoms with van der Waals surface area (Å²) in [6.45, 7) is 1.81. The molecule has 2 amide bonds. The van der Waals surface area contributed by atoms with Gasteiger partial charge in [-0.2, -0.15) is 0 Å². The summed E-state index contributed by atoms with van der Waals surface area (Å²) >= 11 is 0. The average Bonchev–Trinajstić information content (AvgIpc) is 2.08. The van der Waals surface area contributed by atoms with Crippen LogP contribution < -0.4 is 11.1 Å². The molecule has 1 aromatic rings. The lowest BCUT2D eigenvalue weighted by Crippen LogP contribution is -2.21. The Morgan fingerprint density at radius 2 is 2.13 bits per heavy atom. The number of carbonyl (C=O) groups is 2. The van der Waals surface area contributed by atoms with Crippen LogP contribution in [0.25, 0.3) is 0 Å². The Bertz CT molecular complexity index is 402. The van der Waals surface area contributed by atoms with E-state index in [0.717, 1.165) is 5.56 Å². The van der Waals surface area contributed by atoms with Crippen molar-refractivity contribution in [2.75, 3.05) is 5.32 Å². The van der Waals surface area contributed by atoms with E-state index in [1.165, 1.54) is 6.07 Å². The average molecular weight is 208 g/mol. The molecule has 0 heterocycles. The molecular weight excluding hydrogens is 196 g/mol. The zero-order valence-electron chi connectivity index (χ0n) is 8.28. The summed E-state index contributed by atoms with van der Waals surface area (Å²) in [4.78, 5) is 21.6. The first kappa shape index (κ1) is 11.0. The molecule has 5 nitrogen and oxygen atoms in total. The van der Waals surface area contributed by atoms with Crippen molar-refractivity contribution < 1.29 is 14.7 Å². The van der Waals surface area contributed by atoms with Crippen LogP contribution in [0.15, 0.2) is 18.2 Å². The van der Waals surface area contributed by atoms with Crippen LogP contribution in [0, 0.1) is 6.92 Å². The fourth-order valence-electron chi connectivity index (χ4n) is 1.10. The molecule has 0 saturated carbocycles. The second kappa shape index (κ2) is 4.45. The van der Waals surface area contributed by atoms with Crippen molar-refractivity contribution >= 4 is 17.5 Å². The maximum absolute atomic E-state index is 11.1. The maximum Gasteiger partial charge on any atom is 0.233 e. The van der Waals surface area contributed by atoms with Crippen LogP contribution in [0.5, 0.6) is 5.75 Å². The van der Waals surface area contributed by atoms with Crippen molar-refractivity contribution in [2.45, 2.75) is 13.3 Å². The summed E-state index contributed by atoms with van der Waals surface area (Å²) in [5, 5.41) is 11.8. The molecule has 0 bridgehead atoms. The van der Waals surface area contributed by atoms with Crippen molar-refractivity contribution in [2.24, 2.45) is 5.73 Å². The quantitative estimate of drug-likeness (QED) is 0.499. The van der Waals surface area contributed by atoms with E-state index in [-0.39, 0.29) is 11.4 Å². The molecule has 5 heteroatoms. The van der Waals surface area contributed by atoms with Crippen LogP contribution in [0.4, 0.5) is 5.69 Å². The highest BCUT2D eigenvalue weighted by Gasteiger charge is 2.08. The summed E-state index contributed by atoms with van der Waals surface area (Å²) in [7, 11) is 0. The Hall–Kier alpha value is -2.04. The number of phenols is 1. The molecule has 0 fully saturated rings. The fraction of sp³-hybridized carbons (Fsp3) is 0.200. The monoisotopic (exact) mass is 208 g/mol. The van der Waals surface area contributed by atoms with Gasteiger partial charge in [-0.1, -0.05) is 6.07 Å². The van der Waals surface area contributed by atoms with Crippen LogP contribution in [0.3, 0.4) is 0 Å². The van der Waals surface area contributed by atoms with Gasteiger partial charge in [-0.15, -0.1) is 0 Å². The van der Waals surface area contributed by atoms with Crippen LogP contribution in [0.1, 0.15) is 12.0 Å². The van der Waals surface area contributed by atoms with Gasteiger partial charge in [0, 0.05) is 0 Å². The highest BCUT2D eigenvalue weighted by Crippen LogP contribution is 2.23. The Labute approximate surface area is 86.9 Å². The van der Waals surface area contributed by atoms with E-state index in [9.17, 15) is 14.7 Å². The molecule has 0 atom stereocenters. The number of aryl methyl sites for hydroxylation is 1. The third kappa shape index (κ3) is 3.30. The van der Waals surface area contributed by atoms with Gasteiger partial charge in [-0.25, -0.2) is 0 Å². The second-order valence-corrected chi connectivity index (χ2v) is 3.21. The highest BCUT2D eigenvalue weighted by molar-refractivity contribution is 6.03. The predicted octanol–water partition coefficient (Wildman–Crippen LogP) is 0.515. The van der Waals surface area contributed by atoms with Gasteiger partial charge in [-0.05, 0) is 24.6 Å². The number of benzene rings is 1. The van der Waals surface area contributed by atoms with E-state index in [1.807, 2.05) is 6.92 Å². The molecule has 0 spiro atoms. The molecule has 4 N–H and O–H groups in total. The lowest BCUT2D eigenvalue weighted by Gasteiger charge is -2.06. The topological polar surface area (TPSA) is 92.4 Å². The highest BCUT2D eigenvalue weighted by atomic mass is 16.3. The zero-order valence-corrected chi connectivity index (χ0v) is 8.28. The molecule has 0 aliphatic heterocycles. The van der Waals surface area contributed by atoms with Crippen LogP contribution in [0.2, 0.25) is 0 Å². The van der Waals surface area contributed by atoms with Gasteiger partial charge in [-0.3, -0.25) is 9.59 Å². The lowest BCUT2D eigenvalue weighted by molar-refractivity contribution is -0.124. The molecular formula is C10H12N2O3. The van der Waals surface area contributed by atoms with Crippen molar-refractivity contribution in [1.29, 1.82) is 0 Å². The number of primary amides is 1. The minimum absolute atomic E-state index is 0.0344. The smallest absolute Gasteiger partial charge is 0.233 e. The molecule has 0 unspecified atom stereocenters. The van der Waals surface area contributed by atoms with E-state index >= 15 is 0 Å². The molecule has 0 saturated heterocycles. The lowest BCUT2D eigenvalue weighted by atomic mass is 10.2. The number of rotatable bonds is 3. The summed E-state index contributed by atoms with van der Waals surface area (Å²) in [6.07, 6.45) is -0.396. The third-order valence-electron chi connectivity index (χ3n) is 1.76. The summed E-state index contributed by atoms with van der Waals surface area (Å²) in [6, 6.07) is 4.81. The van der Waals surface area contributed by atoms with E-state index in [2.05, 4.69) is 5.32 Å². The number of carbonyl (C=O) groups excluding carboxylic acids is 2. The predicted molar refractivity (Wildman–Crippen MR) is 55.3 cm³/mol. The fourth-order valence-corrected chi connectivity index (χ4v) is 1.10. The summed E-state index contributed by atoms with van der Waals surface area (Å²) in [5.41, 5.74) is 5.99. The number of amides is 2. The standard InChI is InChI=1S/C10H12N2O3/c1-6-2-3-7(8(13)4-6)12-10(15)5-9(11)14/h2-4,13H,5H2,1H3,(H2,11,14)(H,12,15). The normalized spacial score (nSPS) is 9.67. The summed E-state index contributed by atoms with van der Waals surface area (Å²) in [5.74, 6) is -1.28. The molecule has 0 aliphatic rings. The number of hydrogen-bond acceptors (Lipinski definition) is 3. The Balaban J connectivity index is 2.72. The van der Waals surface area contributed by atoms with E-state index in [0.29, 0.717) is 0 Å². The number of nitrogens with two attached hydrogens (primary N) is 1. The van der Waals surface area contributed by atoms with Crippen molar-refractivity contribution in [3.63, 3.8) is 0 Å². The number of anilines is 1. The Morgan fingerprint density at radius 3 is 2.67 bits per heavy atom. The van der Waals surface area contributed by atoms with Gasteiger partial charge >= 0.3 is 0 Å². The SMILES string of the molecule is Cc1ccc(NC(=O)CC(N)=O)c(O)c1. The molecule has 1 rings (SSSR count). The van der Waals surface area contributed by atoms with Gasteiger partial charge in [0.2, 0.25) is 11.8 Å². The van der Waals surface area contributed by atoms with Crippen LogP contribution >= 0.6 is 0 Å². The largest absolute Gasteiger partial charge is 0.506 e. The van der Waals surface area contributed by atoms with E-state index in [4.69, 9.17) is 5.73 Å². The van der Waals surface area contributed by atoms with Crippen molar-refractivity contribution in [1.82, 2.24) is 0 Å². The van der Waals surface area contributed by atoms with Crippen molar-refractivity contribution in [3.05, 3.63) is 23.8 Å². The third-order valence-corrected chi connectivity index (χ3v) is 1.76. The minimum atomic E-state index is -0.709. The number of nitrogens with one attached hydrogen (secondary N) is 1. The molecule has 0 aromatic heterocycles. The number of hydrogen-bond donors (Lipinski definition) is 3. The number of phenolic OH excluding ortho intramolecular Hbond substituents is 1. The van der Waals surface area contributed by atoms with Gasteiger partial charge in [0.25, 0.3) is 0 Å². The Kier molecular flexibility index (Phi) is 3.28. The first-order valence-electron chi connectivity index (χ1n) is 4.37. The first-order valence-corrected chi connectivity index (χ1v) is 4.37.